The van der Waals surface area contributed by atoms with Crippen LogP contribution in [0, 0.1) is 12.3 Å². The fourth-order valence-electron chi connectivity index (χ4n) is 2.78. The molecule has 1 atom stereocenters. The monoisotopic (exact) mass is 300 g/mol. The molecule has 22 heavy (non-hydrogen) atoms. The first-order chi connectivity index (χ1) is 10.7. The maximum atomic E-state index is 12.4. The summed E-state index contributed by atoms with van der Waals surface area (Å²) >= 11 is 0. The topological polar surface area (TPSA) is 85.7 Å². The minimum Gasteiger partial charge on any atom is -0.340 e. The zero-order valence-electron chi connectivity index (χ0n) is 12.5. The predicted octanol–water partition coefficient (Wildman–Crippen LogP) is 1.24. The maximum absolute atomic E-state index is 12.4. The van der Waals surface area contributed by atoms with Gasteiger partial charge >= 0.3 is 0 Å². The lowest BCUT2D eigenvalue weighted by atomic mass is 10.0. The van der Waals surface area contributed by atoms with Crippen LogP contribution in [0.1, 0.15) is 37.3 Å². The molecule has 0 aromatic carbocycles. The fourth-order valence-corrected chi connectivity index (χ4v) is 2.78. The van der Waals surface area contributed by atoms with Crippen LogP contribution in [0.2, 0.25) is 0 Å². The van der Waals surface area contributed by atoms with E-state index >= 15 is 0 Å². The summed E-state index contributed by atoms with van der Waals surface area (Å²) in [5, 5.41) is 18.3. The second kappa shape index (κ2) is 6.28. The summed E-state index contributed by atoms with van der Waals surface area (Å²) in [4.78, 5) is 14.3. The number of hydrogen-bond donors (Lipinski definition) is 2. The Kier molecular flexibility index (Phi) is 4.20. The Labute approximate surface area is 129 Å². The second-order valence-electron chi connectivity index (χ2n) is 5.76. The first-order valence-electron chi connectivity index (χ1n) is 7.60. The molecule has 3 rings (SSSR count). The van der Waals surface area contributed by atoms with E-state index in [0.29, 0.717) is 25.8 Å². The molecule has 1 amide bonds. The van der Waals surface area contributed by atoms with E-state index in [1.165, 1.54) is 0 Å². The summed E-state index contributed by atoms with van der Waals surface area (Å²) in [6.07, 6.45) is 11.5. The van der Waals surface area contributed by atoms with Crippen LogP contribution in [0.4, 0.5) is 0 Å². The number of amides is 1. The van der Waals surface area contributed by atoms with Crippen molar-refractivity contribution in [2.45, 2.75) is 37.4 Å². The highest BCUT2D eigenvalue weighted by Gasteiger charge is 2.39. The summed E-state index contributed by atoms with van der Waals surface area (Å²) in [6.45, 7) is 2.20. The molecule has 7 heteroatoms. The van der Waals surface area contributed by atoms with Crippen LogP contribution in [-0.4, -0.2) is 46.3 Å². The minimum absolute atomic E-state index is 0.141. The van der Waals surface area contributed by atoms with Crippen LogP contribution in [0.25, 0.3) is 0 Å². The second-order valence-corrected chi connectivity index (χ2v) is 5.76. The third-order valence-corrected chi connectivity index (χ3v) is 4.24. The van der Waals surface area contributed by atoms with Crippen molar-refractivity contribution in [2.24, 2.45) is 10.2 Å². The quantitative estimate of drug-likeness (QED) is 0.775. The molecular weight excluding hydrogens is 280 g/mol. The van der Waals surface area contributed by atoms with E-state index in [2.05, 4.69) is 31.7 Å². The summed E-state index contributed by atoms with van der Waals surface area (Å²) in [7, 11) is 0. The molecule has 1 saturated heterocycles. The van der Waals surface area contributed by atoms with Crippen molar-refractivity contribution in [3.8, 4) is 12.3 Å². The average molecular weight is 300 g/mol. The van der Waals surface area contributed by atoms with Crippen LogP contribution in [0.5, 0.6) is 0 Å². The number of carbonyl (C=O) groups is 1. The van der Waals surface area contributed by atoms with Crippen molar-refractivity contribution >= 4 is 5.91 Å². The molecule has 2 N–H and O–H groups in total. The lowest BCUT2D eigenvalue weighted by molar-refractivity contribution is -0.132. The van der Waals surface area contributed by atoms with Crippen molar-refractivity contribution in [1.82, 2.24) is 20.4 Å². The maximum Gasteiger partial charge on any atom is 0.222 e. The minimum atomic E-state index is -0.375. The predicted molar refractivity (Wildman–Crippen MR) is 80.8 cm³/mol. The van der Waals surface area contributed by atoms with Gasteiger partial charge in [-0.1, -0.05) is 0 Å². The third kappa shape index (κ3) is 3.34. The Bertz CT molecular complexity index is 582. The Morgan fingerprint density at radius 3 is 3.05 bits per heavy atom. The van der Waals surface area contributed by atoms with Gasteiger partial charge in [-0.05, 0) is 0 Å². The molecule has 2 aliphatic rings. The first kappa shape index (κ1) is 14.7. The number of hydrogen-bond acceptors (Lipinski definition) is 5. The van der Waals surface area contributed by atoms with E-state index in [9.17, 15) is 4.79 Å². The van der Waals surface area contributed by atoms with E-state index < -0.39 is 0 Å². The normalized spacial score (nSPS) is 22.3. The number of carbonyl (C=O) groups excluding carboxylic acids is 1. The van der Waals surface area contributed by atoms with Gasteiger partial charge in [-0.15, -0.1) is 12.3 Å². The van der Waals surface area contributed by atoms with Crippen molar-refractivity contribution in [2.75, 3.05) is 19.6 Å². The summed E-state index contributed by atoms with van der Waals surface area (Å²) in [5.41, 5.74) is 0.704. The molecule has 1 unspecified atom stereocenters. The Morgan fingerprint density at radius 1 is 1.50 bits per heavy atom. The van der Waals surface area contributed by atoms with Crippen LogP contribution in [0.15, 0.2) is 22.6 Å². The smallest absolute Gasteiger partial charge is 0.222 e. The molecule has 0 saturated carbocycles. The van der Waals surface area contributed by atoms with Gasteiger partial charge < -0.3 is 10.2 Å². The average Bonchev–Trinajstić information content (AvgIpc) is 3.10. The fraction of sp³-hybridized carbons (Fsp3) is 0.600. The Morgan fingerprint density at radius 2 is 2.36 bits per heavy atom. The van der Waals surface area contributed by atoms with Crippen LogP contribution >= 0.6 is 0 Å². The van der Waals surface area contributed by atoms with Gasteiger partial charge in [0.05, 0.1) is 12.2 Å². The molecule has 3 heterocycles. The number of H-pyrrole nitrogens is 1. The van der Waals surface area contributed by atoms with Crippen molar-refractivity contribution < 1.29 is 4.79 Å². The van der Waals surface area contributed by atoms with Gasteiger partial charge in [-0.3, -0.25) is 9.89 Å². The number of nitrogens with zero attached hydrogens (tertiary/aromatic N) is 4. The van der Waals surface area contributed by atoms with Gasteiger partial charge in [0.15, 0.2) is 5.66 Å². The van der Waals surface area contributed by atoms with Gasteiger partial charge in [-0.25, -0.2) is 0 Å². The molecule has 0 spiro atoms. The highest BCUT2D eigenvalue weighted by molar-refractivity contribution is 5.76. The van der Waals surface area contributed by atoms with E-state index in [1.807, 2.05) is 11.1 Å². The zero-order chi connectivity index (χ0) is 15.4. The number of aromatic amines is 1. The number of aromatic nitrogens is 2. The molecular formula is C15H20N6O. The standard InChI is InChI=1S/C15H20N6O/c1-2-3-5-15(19-20-15)6-4-14(22)21-8-7-16-13(11-21)12-9-17-18-10-12/h1,9-10,13,16H,3-8,11H2,(H,17,18). The molecule has 0 radical (unpaired) electrons. The van der Waals surface area contributed by atoms with Gasteiger partial charge in [0.25, 0.3) is 0 Å². The molecule has 0 aliphatic carbocycles. The van der Waals surface area contributed by atoms with Gasteiger partial charge in [0.2, 0.25) is 5.91 Å². The lowest BCUT2D eigenvalue weighted by Crippen LogP contribution is -2.48. The van der Waals surface area contributed by atoms with Crippen molar-refractivity contribution in [3.05, 3.63) is 18.0 Å². The third-order valence-electron chi connectivity index (χ3n) is 4.24. The lowest BCUT2D eigenvalue weighted by Gasteiger charge is -2.33. The van der Waals surface area contributed by atoms with Gasteiger partial charge in [0.1, 0.15) is 0 Å². The largest absolute Gasteiger partial charge is 0.340 e. The molecule has 1 fully saturated rings. The number of piperazine rings is 1. The zero-order valence-corrected chi connectivity index (χ0v) is 12.5. The summed E-state index contributed by atoms with van der Waals surface area (Å²) in [6, 6.07) is 0.141. The molecule has 1 aromatic rings. The molecule has 1 aromatic heterocycles. The van der Waals surface area contributed by atoms with Crippen molar-refractivity contribution in [3.63, 3.8) is 0 Å². The van der Waals surface area contributed by atoms with Crippen molar-refractivity contribution in [1.29, 1.82) is 0 Å². The van der Waals surface area contributed by atoms with E-state index in [1.54, 1.807) is 6.20 Å². The van der Waals surface area contributed by atoms with Crippen LogP contribution in [0.3, 0.4) is 0 Å². The van der Waals surface area contributed by atoms with Gasteiger partial charge in [-0.2, -0.15) is 15.3 Å². The highest BCUT2D eigenvalue weighted by Crippen LogP contribution is 2.37. The Hall–Kier alpha value is -2.20. The van der Waals surface area contributed by atoms with Crippen LogP contribution in [-0.2, 0) is 4.79 Å². The highest BCUT2D eigenvalue weighted by atomic mass is 16.2. The molecule has 2 aliphatic heterocycles. The van der Waals surface area contributed by atoms with E-state index in [-0.39, 0.29) is 17.6 Å². The summed E-state index contributed by atoms with van der Waals surface area (Å²) < 4.78 is 0. The first-order valence-corrected chi connectivity index (χ1v) is 7.60. The van der Waals surface area contributed by atoms with E-state index in [0.717, 1.165) is 25.1 Å². The molecule has 7 nitrogen and oxygen atoms in total. The SMILES string of the molecule is C#CCCC1(CCC(=O)N2CCNC(c3cn[nH]c3)C2)N=N1. The molecule has 0 bridgehead atoms. The number of rotatable bonds is 6. The number of terminal acetylenes is 1. The van der Waals surface area contributed by atoms with Gasteiger partial charge in [0, 0.05) is 57.1 Å². The molecule has 116 valence electrons. The van der Waals surface area contributed by atoms with E-state index in [4.69, 9.17) is 6.42 Å². The number of nitrogens with one attached hydrogen (secondary N) is 2. The Balaban J connectivity index is 1.49. The summed E-state index contributed by atoms with van der Waals surface area (Å²) in [5.74, 6) is 2.76. The van der Waals surface area contributed by atoms with Crippen LogP contribution < -0.4 is 5.32 Å².